The summed E-state index contributed by atoms with van der Waals surface area (Å²) in [6, 6.07) is 5.31. The molecule has 2 N–H and O–H groups in total. The summed E-state index contributed by atoms with van der Waals surface area (Å²) in [5.74, 6) is -0.0497. The molecule has 0 saturated carbocycles. The Balaban J connectivity index is 2.51. The van der Waals surface area contributed by atoms with Gasteiger partial charge in [-0.05, 0) is 24.1 Å². The first kappa shape index (κ1) is 16.8. The number of carbonyl (C=O) groups is 2. The molecular formula is C15H22N2O4. The van der Waals surface area contributed by atoms with E-state index in [0.29, 0.717) is 18.0 Å². The van der Waals surface area contributed by atoms with Crippen LogP contribution in [0.25, 0.3) is 0 Å². The number of hydrogen-bond donors (Lipinski definition) is 2. The lowest BCUT2D eigenvalue weighted by atomic mass is 10.2. The van der Waals surface area contributed by atoms with Crippen molar-refractivity contribution in [2.45, 2.75) is 26.3 Å². The van der Waals surface area contributed by atoms with Crippen molar-refractivity contribution in [1.29, 1.82) is 0 Å². The molecule has 21 heavy (non-hydrogen) atoms. The summed E-state index contributed by atoms with van der Waals surface area (Å²) < 4.78 is 10.3. The zero-order valence-corrected chi connectivity index (χ0v) is 12.7. The molecule has 0 aliphatic heterocycles. The summed E-state index contributed by atoms with van der Waals surface area (Å²) in [5.41, 5.74) is 0.822. The van der Waals surface area contributed by atoms with E-state index >= 15 is 0 Å². The maximum Gasteiger partial charge on any atom is 0.309 e. The van der Waals surface area contributed by atoms with Crippen molar-refractivity contribution in [2.24, 2.45) is 0 Å². The molecule has 0 atom stereocenters. The van der Waals surface area contributed by atoms with Gasteiger partial charge in [-0.25, -0.2) is 0 Å². The lowest BCUT2D eigenvalue weighted by Gasteiger charge is -2.10. The fourth-order valence-corrected chi connectivity index (χ4v) is 1.71. The van der Waals surface area contributed by atoms with E-state index in [1.54, 1.807) is 32.4 Å². The van der Waals surface area contributed by atoms with Crippen LogP contribution in [0, 0.1) is 0 Å². The Morgan fingerprint density at radius 2 is 1.71 bits per heavy atom. The van der Waals surface area contributed by atoms with Gasteiger partial charge in [-0.2, -0.15) is 0 Å². The number of ether oxygens (including phenoxy) is 2. The Labute approximate surface area is 124 Å². The van der Waals surface area contributed by atoms with Crippen molar-refractivity contribution in [3.8, 4) is 11.5 Å². The van der Waals surface area contributed by atoms with Gasteiger partial charge in [0.1, 0.15) is 0 Å². The molecule has 116 valence electrons. The Morgan fingerprint density at radius 1 is 1.05 bits per heavy atom. The predicted molar refractivity (Wildman–Crippen MR) is 79.3 cm³/mol. The topological polar surface area (TPSA) is 76.7 Å². The molecule has 6 nitrogen and oxygen atoms in total. The number of unbranched alkanes of at least 4 members (excludes halogenated alkanes) is 1. The first-order valence-corrected chi connectivity index (χ1v) is 6.89. The van der Waals surface area contributed by atoms with Crippen LogP contribution < -0.4 is 20.1 Å². The Morgan fingerprint density at radius 3 is 2.33 bits per heavy atom. The highest BCUT2D eigenvalue weighted by molar-refractivity contribution is 6.35. The highest BCUT2D eigenvalue weighted by Gasteiger charge is 2.12. The Hall–Kier alpha value is -2.24. The third-order valence-electron chi connectivity index (χ3n) is 2.92. The van der Waals surface area contributed by atoms with Crippen LogP contribution in [0.2, 0.25) is 0 Å². The molecule has 0 unspecified atom stereocenters. The summed E-state index contributed by atoms with van der Waals surface area (Å²) >= 11 is 0. The predicted octanol–water partition coefficient (Wildman–Crippen LogP) is 1.24. The van der Waals surface area contributed by atoms with E-state index in [9.17, 15) is 9.59 Å². The van der Waals surface area contributed by atoms with Crippen LogP contribution in [0.15, 0.2) is 18.2 Å². The largest absolute Gasteiger partial charge is 0.493 e. The second kappa shape index (κ2) is 8.84. The standard InChI is InChI=1S/C15H22N2O4/c1-4-5-8-16-14(18)15(19)17-10-11-6-7-12(20-2)13(9-11)21-3/h6-7,9H,4-5,8,10H2,1-3H3,(H,16,18)(H,17,19). The third-order valence-corrected chi connectivity index (χ3v) is 2.92. The number of carbonyl (C=O) groups excluding carboxylic acids is 2. The number of amides is 2. The molecule has 1 rings (SSSR count). The average Bonchev–Trinajstić information content (AvgIpc) is 2.52. The zero-order chi connectivity index (χ0) is 15.7. The highest BCUT2D eigenvalue weighted by atomic mass is 16.5. The molecule has 0 aliphatic rings. The molecule has 0 bridgehead atoms. The van der Waals surface area contributed by atoms with Crippen molar-refractivity contribution in [1.82, 2.24) is 10.6 Å². The van der Waals surface area contributed by atoms with Gasteiger partial charge in [-0.15, -0.1) is 0 Å². The molecular weight excluding hydrogens is 272 g/mol. The van der Waals surface area contributed by atoms with Crippen molar-refractivity contribution in [3.05, 3.63) is 23.8 Å². The number of nitrogens with one attached hydrogen (secondary N) is 2. The Bertz CT molecular complexity index is 489. The molecule has 1 aromatic rings. The molecule has 6 heteroatoms. The van der Waals surface area contributed by atoms with E-state index in [-0.39, 0.29) is 6.54 Å². The second-order valence-corrected chi connectivity index (χ2v) is 4.48. The van der Waals surface area contributed by atoms with E-state index in [2.05, 4.69) is 10.6 Å². The second-order valence-electron chi connectivity index (χ2n) is 4.48. The van der Waals surface area contributed by atoms with Gasteiger partial charge in [0.25, 0.3) is 0 Å². The van der Waals surface area contributed by atoms with Crippen LogP contribution >= 0.6 is 0 Å². The quantitative estimate of drug-likeness (QED) is 0.586. The van der Waals surface area contributed by atoms with Crippen molar-refractivity contribution in [2.75, 3.05) is 20.8 Å². The van der Waals surface area contributed by atoms with E-state index < -0.39 is 11.8 Å². The monoisotopic (exact) mass is 294 g/mol. The average molecular weight is 294 g/mol. The van der Waals surface area contributed by atoms with Gasteiger partial charge in [0.15, 0.2) is 11.5 Å². The van der Waals surface area contributed by atoms with Crippen LogP contribution in [0.3, 0.4) is 0 Å². The van der Waals surface area contributed by atoms with Gasteiger partial charge in [-0.3, -0.25) is 9.59 Å². The summed E-state index contributed by atoms with van der Waals surface area (Å²) in [6.07, 6.45) is 1.82. The van der Waals surface area contributed by atoms with Crippen molar-refractivity contribution >= 4 is 11.8 Å². The van der Waals surface area contributed by atoms with Gasteiger partial charge < -0.3 is 20.1 Å². The summed E-state index contributed by atoms with van der Waals surface area (Å²) in [4.78, 5) is 23.1. The molecule has 0 fully saturated rings. The summed E-state index contributed by atoms with van der Waals surface area (Å²) in [6.45, 7) is 2.78. The van der Waals surface area contributed by atoms with Crippen LogP contribution in [0.5, 0.6) is 11.5 Å². The van der Waals surface area contributed by atoms with Gasteiger partial charge in [0, 0.05) is 13.1 Å². The lowest BCUT2D eigenvalue weighted by molar-refractivity contribution is -0.139. The molecule has 0 saturated heterocycles. The Kier molecular flexibility index (Phi) is 7.08. The van der Waals surface area contributed by atoms with Gasteiger partial charge in [0.2, 0.25) is 0 Å². The van der Waals surface area contributed by atoms with Crippen LogP contribution in [0.4, 0.5) is 0 Å². The summed E-state index contributed by atoms with van der Waals surface area (Å²) in [5, 5.41) is 5.13. The van der Waals surface area contributed by atoms with Crippen molar-refractivity contribution < 1.29 is 19.1 Å². The lowest BCUT2D eigenvalue weighted by Crippen LogP contribution is -2.39. The fraction of sp³-hybridized carbons (Fsp3) is 0.467. The van der Waals surface area contributed by atoms with Crippen LogP contribution in [0.1, 0.15) is 25.3 Å². The molecule has 0 heterocycles. The van der Waals surface area contributed by atoms with E-state index in [4.69, 9.17) is 9.47 Å². The third kappa shape index (κ3) is 5.33. The summed E-state index contributed by atoms with van der Waals surface area (Å²) in [7, 11) is 3.10. The molecule has 0 aromatic heterocycles. The molecule has 2 amide bonds. The SMILES string of the molecule is CCCCNC(=O)C(=O)NCc1ccc(OC)c(OC)c1. The maximum atomic E-state index is 11.6. The molecule has 0 aliphatic carbocycles. The zero-order valence-electron chi connectivity index (χ0n) is 12.7. The molecule has 0 spiro atoms. The van der Waals surface area contributed by atoms with Gasteiger partial charge in [0.05, 0.1) is 14.2 Å². The number of methoxy groups -OCH3 is 2. The first-order valence-electron chi connectivity index (χ1n) is 6.89. The highest BCUT2D eigenvalue weighted by Crippen LogP contribution is 2.27. The maximum absolute atomic E-state index is 11.6. The van der Waals surface area contributed by atoms with Gasteiger partial charge in [-0.1, -0.05) is 19.4 Å². The first-order chi connectivity index (χ1) is 10.1. The fourth-order valence-electron chi connectivity index (χ4n) is 1.71. The minimum atomic E-state index is -0.638. The van der Waals surface area contributed by atoms with E-state index in [1.807, 2.05) is 6.92 Å². The minimum absolute atomic E-state index is 0.250. The number of benzene rings is 1. The normalized spacial score (nSPS) is 9.86. The molecule has 1 aromatic carbocycles. The van der Waals surface area contributed by atoms with Crippen LogP contribution in [-0.4, -0.2) is 32.6 Å². The van der Waals surface area contributed by atoms with Crippen LogP contribution in [-0.2, 0) is 16.1 Å². The number of hydrogen-bond acceptors (Lipinski definition) is 4. The minimum Gasteiger partial charge on any atom is -0.493 e. The van der Waals surface area contributed by atoms with Crippen molar-refractivity contribution in [3.63, 3.8) is 0 Å². The smallest absolute Gasteiger partial charge is 0.309 e. The van der Waals surface area contributed by atoms with E-state index in [0.717, 1.165) is 18.4 Å². The molecule has 0 radical (unpaired) electrons. The van der Waals surface area contributed by atoms with Gasteiger partial charge >= 0.3 is 11.8 Å². The van der Waals surface area contributed by atoms with E-state index in [1.165, 1.54) is 0 Å². The number of rotatable bonds is 7.